The third kappa shape index (κ3) is 8.04. The highest BCUT2D eigenvalue weighted by atomic mass is 32.2. The van der Waals surface area contributed by atoms with Crippen LogP contribution in [0.25, 0.3) is 0 Å². The standard InChI is InChI=1S/C31H41N5O4S/c1-5-36(30(37)22-24-11-13-27(14-12-24)41(4,39)40)26-15-18-35(19-16-26)20-17-28(25-9-7-6-8-10-25)32-31(38)29-21-23(2)33-34(29)3/h6-14,21,26,28H,5,15-20,22H2,1-4H3,(H,32,38)/t28-/m0/s1. The van der Waals surface area contributed by atoms with E-state index in [9.17, 15) is 18.0 Å². The molecule has 1 fully saturated rings. The number of likely N-dealkylation sites (N-methyl/N-ethyl adjacent to an activating group) is 1. The van der Waals surface area contributed by atoms with E-state index in [0.717, 1.165) is 55.7 Å². The van der Waals surface area contributed by atoms with Gasteiger partial charge in [-0.25, -0.2) is 8.42 Å². The number of aryl methyl sites for hydroxylation is 2. The molecule has 9 nitrogen and oxygen atoms in total. The second kappa shape index (κ2) is 13.4. The Kier molecular flexibility index (Phi) is 9.99. The van der Waals surface area contributed by atoms with E-state index >= 15 is 0 Å². The lowest BCUT2D eigenvalue weighted by Crippen LogP contribution is -2.48. The topological polar surface area (TPSA) is 105 Å². The van der Waals surface area contributed by atoms with Crippen LogP contribution in [0.1, 0.15) is 59.5 Å². The number of piperidine rings is 1. The van der Waals surface area contributed by atoms with Crippen LogP contribution in [0, 0.1) is 6.92 Å². The molecule has 0 unspecified atom stereocenters. The van der Waals surface area contributed by atoms with E-state index < -0.39 is 9.84 Å². The van der Waals surface area contributed by atoms with Crippen molar-refractivity contribution >= 4 is 21.7 Å². The van der Waals surface area contributed by atoms with Gasteiger partial charge in [-0.1, -0.05) is 42.5 Å². The zero-order valence-electron chi connectivity index (χ0n) is 24.4. The molecule has 10 heteroatoms. The number of rotatable bonds is 11. The summed E-state index contributed by atoms with van der Waals surface area (Å²) in [7, 11) is -1.48. The van der Waals surface area contributed by atoms with E-state index in [1.165, 1.54) is 6.26 Å². The number of nitrogens with one attached hydrogen (secondary N) is 1. The van der Waals surface area contributed by atoms with Crippen LogP contribution in [0.2, 0.25) is 0 Å². The molecule has 1 atom stereocenters. The maximum Gasteiger partial charge on any atom is 0.270 e. The Bertz CT molecular complexity index is 1430. The molecule has 2 amide bonds. The van der Waals surface area contributed by atoms with Crippen molar-refractivity contribution in [1.29, 1.82) is 0 Å². The van der Waals surface area contributed by atoms with Crippen LogP contribution in [0.4, 0.5) is 0 Å². The molecule has 0 radical (unpaired) electrons. The lowest BCUT2D eigenvalue weighted by Gasteiger charge is -2.38. The van der Waals surface area contributed by atoms with Crippen LogP contribution in [-0.2, 0) is 28.1 Å². The molecule has 0 saturated carbocycles. The van der Waals surface area contributed by atoms with Crippen molar-refractivity contribution in [3.05, 3.63) is 83.2 Å². The molecule has 0 bridgehead atoms. The number of sulfone groups is 1. The van der Waals surface area contributed by atoms with Crippen LogP contribution in [0.15, 0.2) is 65.6 Å². The smallest absolute Gasteiger partial charge is 0.270 e. The molecule has 1 aliphatic rings. The number of hydrogen-bond donors (Lipinski definition) is 1. The molecule has 2 aromatic carbocycles. The first-order chi connectivity index (χ1) is 19.5. The van der Waals surface area contributed by atoms with Crippen LogP contribution in [0.3, 0.4) is 0 Å². The first kappa shape index (κ1) is 30.5. The first-order valence-corrected chi connectivity index (χ1v) is 16.1. The van der Waals surface area contributed by atoms with E-state index in [1.54, 1.807) is 42.1 Å². The first-order valence-electron chi connectivity index (χ1n) is 14.2. The summed E-state index contributed by atoms with van der Waals surface area (Å²) in [4.78, 5) is 30.9. The fraction of sp³-hybridized carbons (Fsp3) is 0.452. The Morgan fingerprint density at radius 1 is 1.07 bits per heavy atom. The van der Waals surface area contributed by atoms with Crippen molar-refractivity contribution in [3.8, 4) is 0 Å². The summed E-state index contributed by atoms with van der Waals surface area (Å²) in [6.07, 6.45) is 4.00. The number of carbonyl (C=O) groups excluding carboxylic acids is 2. The minimum atomic E-state index is -3.26. The summed E-state index contributed by atoms with van der Waals surface area (Å²) in [6, 6.07) is 18.5. The number of likely N-dealkylation sites (tertiary alicyclic amines) is 1. The van der Waals surface area contributed by atoms with E-state index in [2.05, 4.69) is 15.3 Å². The Morgan fingerprint density at radius 2 is 1.73 bits per heavy atom. The highest BCUT2D eigenvalue weighted by Gasteiger charge is 2.28. The highest BCUT2D eigenvalue weighted by Crippen LogP contribution is 2.22. The number of carbonyl (C=O) groups is 2. The van der Waals surface area contributed by atoms with Gasteiger partial charge in [0.15, 0.2) is 9.84 Å². The van der Waals surface area contributed by atoms with Gasteiger partial charge < -0.3 is 15.1 Å². The van der Waals surface area contributed by atoms with E-state index in [4.69, 9.17) is 0 Å². The molecule has 41 heavy (non-hydrogen) atoms. The molecule has 4 rings (SSSR count). The lowest BCUT2D eigenvalue weighted by molar-refractivity contribution is -0.133. The van der Waals surface area contributed by atoms with Gasteiger partial charge in [-0.2, -0.15) is 5.10 Å². The molecular formula is C31H41N5O4S. The molecule has 1 aliphatic heterocycles. The maximum absolute atomic E-state index is 13.2. The van der Waals surface area contributed by atoms with Gasteiger partial charge in [0.25, 0.3) is 5.91 Å². The molecular weight excluding hydrogens is 538 g/mol. The monoisotopic (exact) mass is 579 g/mol. The Labute approximate surface area is 243 Å². The molecule has 2 heterocycles. The summed E-state index contributed by atoms with van der Waals surface area (Å²) >= 11 is 0. The number of amides is 2. The van der Waals surface area contributed by atoms with Gasteiger partial charge in [0.2, 0.25) is 5.91 Å². The van der Waals surface area contributed by atoms with Gasteiger partial charge in [0.05, 0.1) is 23.1 Å². The molecule has 0 spiro atoms. The third-order valence-electron chi connectivity index (χ3n) is 7.84. The minimum Gasteiger partial charge on any atom is -0.344 e. The third-order valence-corrected chi connectivity index (χ3v) is 8.97. The average Bonchev–Trinajstić information content (AvgIpc) is 3.30. The van der Waals surface area contributed by atoms with Gasteiger partial charge >= 0.3 is 0 Å². The van der Waals surface area contributed by atoms with Gasteiger partial charge in [-0.05, 0) is 62.4 Å². The second-order valence-electron chi connectivity index (χ2n) is 10.9. The van der Waals surface area contributed by atoms with E-state index in [0.29, 0.717) is 12.2 Å². The normalized spacial score (nSPS) is 15.4. The van der Waals surface area contributed by atoms with Gasteiger partial charge in [-0.3, -0.25) is 14.3 Å². The van der Waals surface area contributed by atoms with Crippen molar-refractivity contribution < 1.29 is 18.0 Å². The highest BCUT2D eigenvalue weighted by molar-refractivity contribution is 7.90. The number of aromatic nitrogens is 2. The summed E-state index contributed by atoms with van der Waals surface area (Å²) in [5.74, 6) is -0.0703. The van der Waals surface area contributed by atoms with Crippen LogP contribution < -0.4 is 5.32 Å². The lowest BCUT2D eigenvalue weighted by atomic mass is 9.99. The number of hydrogen-bond acceptors (Lipinski definition) is 6. The van der Waals surface area contributed by atoms with Crippen LogP contribution in [0.5, 0.6) is 0 Å². The van der Waals surface area contributed by atoms with Gasteiger partial charge in [-0.15, -0.1) is 0 Å². The molecule has 0 aliphatic carbocycles. The van der Waals surface area contributed by atoms with Crippen molar-refractivity contribution in [2.24, 2.45) is 7.05 Å². The van der Waals surface area contributed by atoms with Gasteiger partial charge in [0.1, 0.15) is 5.69 Å². The summed E-state index contributed by atoms with van der Waals surface area (Å²) in [5.41, 5.74) is 3.23. The van der Waals surface area contributed by atoms with Crippen molar-refractivity contribution in [1.82, 2.24) is 24.9 Å². The molecule has 1 N–H and O–H groups in total. The molecule has 3 aromatic rings. The summed E-state index contributed by atoms with van der Waals surface area (Å²) < 4.78 is 25.1. The van der Waals surface area contributed by atoms with Crippen molar-refractivity contribution in [3.63, 3.8) is 0 Å². The molecule has 1 saturated heterocycles. The zero-order chi connectivity index (χ0) is 29.6. The van der Waals surface area contributed by atoms with Crippen molar-refractivity contribution in [2.75, 3.05) is 32.4 Å². The quantitative estimate of drug-likeness (QED) is 0.373. The maximum atomic E-state index is 13.2. The Balaban J connectivity index is 1.32. The summed E-state index contributed by atoms with van der Waals surface area (Å²) in [5, 5.41) is 7.52. The average molecular weight is 580 g/mol. The fourth-order valence-electron chi connectivity index (χ4n) is 5.60. The SMILES string of the molecule is CCN(C(=O)Cc1ccc(S(C)(=O)=O)cc1)C1CCN(CC[C@H](NC(=O)c2cc(C)nn2C)c2ccccc2)CC1. The van der Waals surface area contributed by atoms with Crippen molar-refractivity contribution in [2.45, 2.75) is 56.5 Å². The largest absolute Gasteiger partial charge is 0.344 e. The number of benzene rings is 2. The predicted octanol–water partition coefficient (Wildman–Crippen LogP) is 3.55. The fourth-order valence-corrected chi connectivity index (χ4v) is 6.23. The predicted molar refractivity (Wildman–Crippen MR) is 159 cm³/mol. The Hall–Kier alpha value is -3.50. The second-order valence-corrected chi connectivity index (χ2v) is 12.9. The van der Waals surface area contributed by atoms with Gasteiger partial charge in [0, 0.05) is 45.5 Å². The zero-order valence-corrected chi connectivity index (χ0v) is 25.2. The number of nitrogens with zero attached hydrogens (tertiary/aromatic N) is 4. The summed E-state index contributed by atoms with van der Waals surface area (Å²) in [6.45, 7) is 7.13. The molecule has 1 aromatic heterocycles. The van der Waals surface area contributed by atoms with E-state index in [1.807, 2.05) is 49.1 Å². The van der Waals surface area contributed by atoms with Crippen LogP contribution in [-0.4, -0.2) is 78.3 Å². The Morgan fingerprint density at radius 3 is 2.29 bits per heavy atom. The van der Waals surface area contributed by atoms with E-state index in [-0.39, 0.29) is 35.2 Å². The minimum absolute atomic E-state index is 0.0651. The molecule has 220 valence electrons. The van der Waals surface area contributed by atoms with Crippen LogP contribution >= 0.6 is 0 Å².